The lowest BCUT2D eigenvalue weighted by Gasteiger charge is -2.12. The highest BCUT2D eigenvalue weighted by molar-refractivity contribution is 5.90. The van der Waals surface area contributed by atoms with E-state index in [1.807, 2.05) is 0 Å². The molecule has 1 aromatic heterocycles. The van der Waals surface area contributed by atoms with Crippen LogP contribution in [-0.2, 0) is 16.1 Å². The summed E-state index contributed by atoms with van der Waals surface area (Å²) in [5.74, 6) is -2.22. The van der Waals surface area contributed by atoms with Crippen molar-refractivity contribution in [2.75, 3.05) is 13.7 Å². The average Bonchev–Trinajstić information content (AvgIpc) is 2.72. The van der Waals surface area contributed by atoms with E-state index >= 15 is 0 Å². The Morgan fingerprint density at radius 1 is 1.17 bits per heavy atom. The number of nitrogens with zero attached hydrogens (tertiary/aromatic N) is 2. The number of methoxy groups -OCH3 is 1. The van der Waals surface area contributed by atoms with Crippen molar-refractivity contribution in [1.82, 2.24) is 4.98 Å². The number of carbonyl (C=O) groups is 2. The van der Waals surface area contributed by atoms with Crippen LogP contribution in [0.5, 0.6) is 5.75 Å². The zero-order valence-corrected chi connectivity index (χ0v) is 15.7. The monoisotopic (exact) mass is 400 g/mol. The molecular formula is C20H17FN2O6. The van der Waals surface area contributed by atoms with Crippen LogP contribution >= 0.6 is 0 Å². The van der Waals surface area contributed by atoms with Crippen LogP contribution < -0.4 is 9.47 Å². The third-order valence-electron chi connectivity index (χ3n) is 4.02. The van der Waals surface area contributed by atoms with Gasteiger partial charge in [-0.2, -0.15) is 4.73 Å². The summed E-state index contributed by atoms with van der Waals surface area (Å²) in [4.78, 5) is 28.6. The highest BCUT2D eigenvalue weighted by Gasteiger charge is 2.28. The summed E-state index contributed by atoms with van der Waals surface area (Å²) in [7, 11) is 1.11. The number of hydrogen-bond acceptors (Lipinski definition) is 7. The van der Waals surface area contributed by atoms with Gasteiger partial charge in [0.1, 0.15) is 23.7 Å². The lowest BCUT2D eigenvalue weighted by Crippen LogP contribution is -2.38. The molecule has 3 aromatic rings. The first-order chi connectivity index (χ1) is 14.0. The maximum atomic E-state index is 13.7. The van der Waals surface area contributed by atoms with E-state index in [-0.39, 0.29) is 22.3 Å². The molecule has 8 nitrogen and oxygen atoms in total. The van der Waals surface area contributed by atoms with Gasteiger partial charge in [-0.05, 0) is 31.2 Å². The largest absolute Gasteiger partial charge is 0.618 e. The molecule has 0 N–H and O–H groups in total. The van der Waals surface area contributed by atoms with Gasteiger partial charge in [0.25, 0.3) is 0 Å². The van der Waals surface area contributed by atoms with Gasteiger partial charge in [0.05, 0.1) is 25.3 Å². The Morgan fingerprint density at radius 3 is 2.62 bits per heavy atom. The first-order valence-electron chi connectivity index (χ1n) is 8.65. The van der Waals surface area contributed by atoms with Gasteiger partial charge in [0, 0.05) is 0 Å². The summed E-state index contributed by atoms with van der Waals surface area (Å²) in [6, 6.07) is 9.89. The Morgan fingerprint density at radius 2 is 1.93 bits per heavy atom. The Hall–Kier alpha value is -3.75. The maximum absolute atomic E-state index is 13.7. The van der Waals surface area contributed by atoms with Crippen LogP contribution in [0.2, 0.25) is 0 Å². The SMILES string of the molecule is CCOc1ccc2nc(COC(=O)c3ccccc3F)c(C(=O)OC)[n+]([O-])c2c1. The van der Waals surface area contributed by atoms with Gasteiger partial charge in [0.15, 0.2) is 5.69 Å². The number of rotatable bonds is 6. The van der Waals surface area contributed by atoms with E-state index in [1.165, 1.54) is 30.3 Å². The lowest BCUT2D eigenvalue weighted by atomic mass is 10.2. The molecule has 2 aromatic carbocycles. The third kappa shape index (κ3) is 4.08. The number of esters is 2. The van der Waals surface area contributed by atoms with Crippen LogP contribution in [0.3, 0.4) is 0 Å². The molecule has 0 bridgehead atoms. The Kier molecular flexibility index (Phi) is 5.87. The minimum absolute atomic E-state index is 0.0838. The smallest absolute Gasteiger partial charge is 0.406 e. The molecule has 0 aliphatic heterocycles. The number of hydrogen-bond donors (Lipinski definition) is 0. The molecule has 0 atom stereocenters. The van der Waals surface area contributed by atoms with Gasteiger partial charge in [-0.3, -0.25) is 0 Å². The minimum Gasteiger partial charge on any atom is -0.618 e. The molecule has 3 rings (SSSR count). The highest BCUT2D eigenvalue weighted by Crippen LogP contribution is 2.20. The van der Waals surface area contributed by atoms with E-state index < -0.39 is 30.1 Å². The predicted octanol–water partition coefficient (Wildman–Crippen LogP) is 2.55. The fourth-order valence-corrected chi connectivity index (χ4v) is 2.69. The quantitative estimate of drug-likeness (QED) is 0.356. The second kappa shape index (κ2) is 8.51. The average molecular weight is 400 g/mol. The second-order valence-corrected chi connectivity index (χ2v) is 5.83. The van der Waals surface area contributed by atoms with Crippen molar-refractivity contribution in [3.63, 3.8) is 0 Å². The van der Waals surface area contributed by atoms with Crippen molar-refractivity contribution >= 4 is 23.0 Å². The fourth-order valence-electron chi connectivity index (χ4n) is 2.69. The molecule has 9 heteroatoms. The van der Waals surface area contributed by atoms with Gasteiger partial charge in [-0.1, -0.05) is 12.1 Å². The summed E-state index contributed by atoms with van der Waals surface area (Å²) in [6.07, 6.45) is 0. The van der Waals surface area contributed by atoms with Gasteiger partial charge >= 0.3 is 17.6 Å². The molecule has 0 fully saturated rings. The lowest BCUT2D eigenvalue weighted by molar-refractivity contribution is -0.581. The van der Waals surface area contributed by atoms with Gasteiger partial charge in [0.2, 0.25) is 5.52 Å². The standard InChI is InChI=1S/C20H17FN2O6/c1-3-28-12-8-9-15-17(10-12)23(26)18(20(25)27-2)16(22-15)11-29-19(24)13-6-4-5-7-14(13)21/h4-10H,3,11H2,1-2H3. The Labute approximate surface area is 165 Å². The number of aromatic nitrogens is 2. The molecule has 1 heterocycles. The van der Waals surface area contributed by atoms with E-state index in [2.05, 4.69) is 9.72 Å². The molecule has 0 saturated carbocycles. The molecule has 0 aliphatic carbocycles. The van der Waals surface area contributed by atoms with Crippen molar-refractivity contribution in [3.8, 4) is 5.75 Å². The summed E-state index contributed by atoms with van der Waals surface area (Å²) >= 11 is 0. The summed E-state index contributed by atoms with van der Waals surface area (Å²) in [5.41, 5.74) is -0.485. The van der Waals surface area contributed by atoms with Crippen molar-refractivity contribution in [2.45, 2.75) is 13.5 Å². The topological polar surface area (TPSA) is 102 Å². The normalized spacial score (nSPS) is 10.6. The maximum Gasteiger partial charge on any atom is 0.406 e. The third-order valence-corrected chi connectivity index (χ3v) is 4.02. The van der Waals surface area contributed by atoms with E-state index in [4.69, 9.17) is 9.47 Å². The molecule has 150 valence electrons. The van der Waals surface area contributed by atoms with Crippen LogP contribution in [0.1, 0.15) is 33.5 Å². The summed E-state index contributed by atoms with van der Waals surface area (Å²) in [6.45, 7) is 1.66. The predicted molar refractivity (Wildman–Crippen MR) is 98.7 cm³/mol. The van der Waals surface area contributed by atoms with Gasteiger partial charge in [-0.15, -0.1) is 0 Å². The van der Waals surface area contributed by atoms with Crippen LogP contribution in [0.15, 0.2) is 42.5 Å². The number of halogens is 1. The number of carbonyl (C=O) groups excluding carboxylic acids is 2. The van der Waals surface area contributed by atoms with Crippen molar-refractivity contribution in [1.29, 1.82) is 0 Å². The Balaban J connectivity index is 1.99. The van der Waals surface area contributed by atoms with E-state index in [0.29, 0.717) is 17.1 Å². The minimum atomic E-state index is -0.954. The van der Waals surface area contributed by atoms with Crippen molar-refractivity contribution in [3.05, 3.63) is 70.4 Å². The van der Waals surface area contributed by atoms with E-state index in [0.717, 1.165) is 13.2 Å². The van der Waals surface area contributed by atoms with E-state index in [9.17, 15) is 19.2 Å². The molecule has 0 saturated heterocycles. The first-order valence-corrected chi connectivity index (χ1v) is 8.65. The molecule has 0 radical (unpaired) electrons. The first kappa shape index (κ1) is 20.0. The number of benzene rings is 2. The zero-order chi connectivity index (χ0) is 21.0. The molecule has 0 aliphatic rings. The van der Waals surface area contributed by atoms with Crippen LogP contribution in [0, 0.1) is 11.0 Å². The van der Waals surface area contributed by atoms with Crippen LogP contribution in [-0.4, -0.2) is 30.6 Å². The van der Waals surface area contributed by atoms with Crippen LogP contribution in [0.4, 0.5) is 4.39 Å². The highest BCUT2D eigenvalue weighted by atomic mass is 19.1. The van der Waals surface area contributed by atoms with E-state index in [1.54, 1.807) is 13.0 Å². The molecule has 0 unspecified atom stereocenters. The molecule has 0 amide bonds. The number of ether oxygens (including phenoxy) is 3. The van der Waals surface area contributed by atoms with Crippen LogP contribution in [0.25, 0.3) is 11.0 Å². The molecule has 29 heavy (non-hydrogen) atoms. The molecule has 0 spiro atoms. The second-order valence-electron chi connectivity index (χ2n) is 5.83. The van der Waals surface area contributed by atoms with Crippen molar-refractivity contribution in [2.24, 2.45) is 0 Å². The van der Waals surface area contributed by atoms with Gasteiger partial charge < -0.3 is 19.4 Å². The fraction of sp³-hybridized carbons (Fsp3) is 0.200. The molecular weight excluding hydrogens is 383 g/mol. The number of fused-ring (bicyclic) bond motifs is 1. The Bertz CT molecular complexity index is 1090. The van der Waals surface area contributed by atoms with Gasteiger partial charge in [-0.25, -0.2) is 19.0 Å². The summed E-state index contributed by atoms with van der Waals surface area (Å²) < 4.78 is 29.2. The zero-order valence-electron chi connectivity index (χ0n) is 15.7. The van der Waals surface area contributed by atoms with Crippen molar-refractivity contribution < 1.29 is 32.9 Å². The summed E-state index contributed by atoms with van der Waals surface area (Å²) in [5, 5.41) is 12.8.